The first-order valence-corrected chi connectivity index (χ1v) is 17.6. The normalized spacial score (nSPS) is 33.1. The third kappa shape index (κ3) is 5.08. The minimum atomic E-state index is 0.0553. The number of hydrogen-bond acceptors (Lipinski definition) is 4. The lowest BCUT2D eigenvalue weighted by Gasteiger charge is -2.46. The lowest BCUT2D eigenvalue weighted by Crippen LogP contribution is -2.64. The molecule has 46 heavy (non-hydrogen) atoms. The van der Waals surface area contributed by atoms with Gasteiger partial charge in [-0.25, -0.2) is 4.99 Å². The maximum absolute atomic E-state index is 5.12. The Kier molecular flexibility index (Phi) is 7.45. The van der Waals surface area contributed by atoms with E-state index in [1.807, 2.05) is 0 Å². The highest BCUT2D eigenvalue weighted by atomic mass is 15.4. The van der Waals surface area contributed by atoms with Crippen LogP contribution in [-0.2, 0) is 0 Å². The molecule has 4 nitrogen and oxygen atoms in total. The molecule has 0 aromatic heterocycles. The smallest absolute Gasteiger partial charge is 0.0864 e. The van der Waals surface area contributed by atoms with Crippen LogP contribution >= 0.6 is 0 Å². The molecule has 2 heterocycles. The maximum Gasteiger partial charge on any atom is 0.0864 e. The van der Waals surface area contributed by atoms with Crippen molar-refractivity contribution in [3.8, 4) is 0 Å². The van der Waals surface area contributed by atoms with Gasteiger partial charge in [0.05, 0.1) is 29.6 Å². The van der Waals surface area contributed by atoms with Crippen LogP contribution in [0, 0.1) is 23.7 Å². The average Bonchev–Trinajstić information content (AvgIpc) is 3.12. The molecular formula is C42H44N4. The van der Waals surface area contributed by atoms with Gasteiger partial charge in [-0.2, -0.15) is 0 Å². The van der Waals surface area contributed by atoms with Crippen LogP contribution in [-0.4, -0.2) is 12.3 Å². The Hall–Kier alpha value is -3.83. The Morgan fingerprint density at radius 3 is 2.43 bits per heavy atom. The molecule has 1 fully saturated rings. The molecule has 7 atom stereocenters. The summed E-state index contributed by atoms with van der Waals surface area (Å²) in [6, 6.07) is 19.5. The van der Waals surface area contributed by atoms with Crippen LogP contribution in [0.1, 0.15) is 63.1 Å². The average molecular weight is 605 g/mol. The molecule has 0 spiro atoms. The van der Waals surface area contributed by atoms with Crippen LogP contribution in [0.4, 0.5) is 0 Å². The third-order valence-electron chi connectivity index (χ3n) is 11.5. The van der Waals surface area contributed by atoms with Crippen molar-refractivity contribution >= 4 is 5.70 Å². The lowest BCUT2D eigenvalue weighted by molar-refractivity contribution is 0.228. The molecule has 0 amide bonds. The summed E-state index contributed by atoms with van der Waals surface area (Å²) < 4.78 is 0. The number of allylic oxidation sites excluding steroid dienone is 10. The van der Waals surface area contributed by atoms with Gasteiger partial charge in [0.2, 0.25) is 0 Å². The SMILES string of the molecule is C1=CC(C2NC(C3=CC=C(C4=c5ccccc5=N4)C(C4CC5C=CCCC5C5=C4C=CCC5)C3)NC(c3ccccc3)N2)=CCC1. The van der Waals surface area contributed by atoms with Gasteiger partial charge in [-0.3, -0.25) is 16.0 Å². The van der Waals surface area contributed by atoms with Crippen LogP contribution in [0.15, 0.2) is 142 Å². The monoisotopic (exact) mass is 604 g/mol. The Labute approximate surface area is 272 Å². The van der Waals surface area contributed by atoms with Crippen molar-refractivity contribution < 1.29 is 0 Å². The molecule has 4 heteroatoms. The fourth-order valence-corrected chi connectivity index (χ4v) is 9.27. The molecule has 2 aromatic rings. The van der Waals surface area contributed by atoms with Crippen LogP contribution < -0.4 is 26.5 Å². The van der Waals surface area contributed by atoms with E-state index in [0.717, 1.165) is 30.5 Å². The topological polar surface area (TPSA) is 48.5 Å². The van der Waals surface area contributed by atoms with Crippen molar-refractivity contribution in [2.75, 3.05) is 0 Å². The van der Waals surface area contributed by atoms with Gasteiger partial charge in [-0.05, 0) is 109 Å². The first-order valence-electron chi connectivity index (χ1n) is 17.6. The van der Waals surface area contributed by atoms with Gasteiger partial charge in [0, 0.05) is 5.22 Å². The molecule has 0 radical (unpaired) electrons. The number of nitrogens with one attached hydrogen (secondary N) is 3. The van der Waals surface area contributed by atoms with E-state index >= 15 is 0 Å². The first kappa shape index (κ1) is 28.4. The molecule has 9 rings (SSSR count). The summed E-state index contributed by atoms with van der Waals surface area (Å²) in [5, 5.41) is 14.3. The third-order valence-corrected chi connectivity index (χ3v) is 11.5. The summed E-state index contributed by atoms with van der Waals surface area (Å²) in [4.78, 5) is 5.12. The molecule has 2 aromatic carbocycles. The number of nitrogens with zero attached hydrogens (tertiary/aromatic N) is 1. The zero-order chi connectivity index (χ0) is 30.5. The van der Waals surface area contributed by atoms with E-state index in [2.05, 4.69) is 125 Å². The molecule has 0 bridgehead atoms. The van der Waals surface area contributed by atoms with E-state index in [9.17, 15) is 0 Å². The van der Waals surface area contributed by atoms with E-state index < -0.39 is 0 Å². The second kappa shape index (κ2) is 12.1. The predicted octanol–water partition coefficient (Wildman–Crippen LogP) is 6.96. The van der Waals surface area contributed by atoms with Crippen LogP contribution in [0.3, 0.4) is 0 Å². The summed E-state index contributed by atoms with van der Waals surface area (Å²) in [5.74, 6) is 2.26. The Bertz CT molecular complexity index is 1870. The van der Waals surface area contributed by atoms with E-state index in [1.54, 1.807) is 11.1 Å². The Morgan fingerprint density at radius 2 is 1.54 bits per heavy atom. The zero-order valence-corrected chi connectivity index (χ0v) is 26.5. The fraction of sp³-hybridized carbons (Fsp3) is 0.357. The van der Waals surface area contributed by atoms with Crippen LogP contribution in [0.5, 0.6) is 0 Å². The van der Waals surface area contributed by atoms with Crippen molar-refractivity contribution in [1.82, 2.24) is 16.0 Å². The summed E-state index contributed by atoms with van der Waals surface area (Å²) in [7, 11) is 0. The van der Waals surface area contributed by atoms with E-state index in [4.69, 9.17) is 4.99 Å². The predicted molar refractivity (Wildman–Crippen MR) is 186 cm³/mol. The second-order valence-corrected chi connectivity index (χ2v) is 14.1. The molecule has 7 unspecified atom stereocenters. The van der Waals surface area contributed by atoms with Crippen molar-refractivity contribution in [3.63, 3.8) is 0 Å². The Balaban J connectivity index is 1.11. The summed E-state index contributed by atoms with van der Waals surface area (Å²) in [5.41, 5.74) is 10.1. The van der Waals surface area contributed by atoms with Crippen molar-refractivity contribution in [2.24, 2.45) is 28.7 Å². The number of fused-ring (bicyclic) bond motifs is 3. The van der Waals surface area contributed by atoms with Gasteiger partial charge in [0.1, 0.15) is 0 Å². The van der Waals surface area contributed by atoms with Gasteiger partial charge in [0.25, 0.3) is 0 Å². The van der Waals surface area contributed by atoms with E-state index in [0.29, 0.717) is 17.8 Å². The van der Waals surface area contributed by atoms with E-state index in [-0.39, 0.29) is 18.5 Å². The standard InChI is InChI=1S/C42H44N4/c1-3-13-27(14-4-1)40-44-41(28-15-5-2-6-16-28)46-42(45-40)30-23-24-34(39-35-21-11-12-22-38(35)43-39)37(26-30)36-25-29-17-7-8-18-31(29)32-19-9-10-20-33(32)36/h1,3-5,7,10-17,20-24,29,31,36-37,40-42,44-46H,2,6,8-9,18-19,25-26H2. The second-order valence-electron chi connectivity index (χ2n) is 14.1. The quantitative estimate of drug-likeness (QED) is 0.324. The molecule has 2 aliphatic heterocycles. The van der Waals surface area contributed by atoms with Crippen molar-refractivity contribution in [3.05, 3.63) is 153 Å². The largest absolute Gasteiger partial charge is 0.279 e. The van der Waals surface area contributed by atoms with Gasteiger partial charge in [-0.15, -0.1) is 0 Å². The van der Waals surface area contributed by atoms with Gasteiger partial charge < -0.3 is 0 Å². The number of hydrogen-bond donors (Lipinski definition) is 3. The minimum Gasteiger partial charge on any atom is -0.279 e. The van der Waals surface area contributed by atoms with Gasteiger partial charge in [0.15, 0.2) is 0 Å². The van der Waals surface area contributed by atoms with Crippen LogP contribution in [0.25, 0.3) is 5.70 Å². The Morgan fingerprint density at radius 1 is 0.696 bits per heavy atom. The molecule has 3 N–H and O–H groups in total. The molecule has 232 valence electrons. The van der Waals surface area contributed by atoms with Crippen molar-refractivity contribution in [1.29, 1.82) is 0 Å². The molecule has 5 aliphatic carbocycles. The summed E-state index contributed by atoms with van der Waals surface area (Å²) in [6.45, 7) is 0. The lowest BCUT2D eigenvalue weighted by atomic mass is 9.60. The highest BCUT2D eigenvalue weighted by Crippen LogP contribution is 2.52. The van der Waals surface area contributed by atoms with E-state index in [1.165, 1.54) is 65.3 Å². The highest BCUT2D eigenvalue weighted by Gasteiger charge is 2.43. The molecule has 0 saturated carbocycles. The molecular weight excluding hydrogens is 560 g/mol. The number of benzene rings is 2. The number of rotatable bonds is 5. The van der Waals surface area contributed by atoms with Gasteiger partial charge >= 0.3 is 0 Å². The first-order chi connectivity index (χ1) is 22.8. The zero-order valence-electron chi connectivity index (χ0n) is 26.5. The minimum absolute atomic E-state index is 0.0553. The highest BCUT2D eigenvalue weighted by molar-refractivity contribution is 5.69. The number of para-hydroxylation sites is 1. The molecule has 7 aliphatic rings. The summed E-state index contributed by atoms with van der Waals surface area (Å²) in [6.07, 6.45) is 31.5. The van der Waals surface area contributed by atoms with Crippen molar-refractivity contribution in [2.45, 2.75) is 69.9 Å². The maximum atomic E-state index is 5.12. The summed E-state index contributed by atoms with van der Waals surface area (Å²) >= 11 is 0. The van der Waals surface area contributed by atoms with Gasteiger partial charge in [-0.1, -0.05) is 109 Å². The van der Waals surface area contributed by atoms with Crippen LogP contribution in [0.2, 0.25) is 0 Å². The fourth-order valence-electron chi connectivity index (χ4n) is 9.27. The molecule has 1 saturated heterocycles.